The fraction of sp³-hybridized carbons (Fsp3) is 0.286. The van der Waals surface area contributed by atoms with Gasteiger partial charge in [-0.1, -0.05) is 6.92 Å². The van der Waals surface area contributed by atoms with E-state index >= 15 is 0 Å². The van der Waals surface area contributed by atoms with E-state index in [9.17, 15) is 15.0 Å². The molecule has 0 spiro atoms. The Balaban J connectivity index is 0. The Kier molecular flexibility index (Phi) is 12.1. The molecule has 0 aliphatic heterocycles. The Bertz CT molecular complexity index is 596. The summed E-state index contributed by atoms with van der Waals surface area (Å²) in [6.07, 6.45) is 2.71. The third kappa shape index (κ3) is 7.95. The van der Waals surface area contributed by atoms with E-state index in [4.69, 9.17) is 20.1 Å². The second-order valence-corrected chi connectivity index (χ2v) is 3.34. The van der Waals surface area contributed by atoms with Crippen LogP contribution in [-0.2, 0) is 19.1 Å². The summed E-state index contributed by atoms with van der Waals surface area (Å²) in [6, 6.07) is 3.34. The summed E-state index contributed by atoms with van der Waals surface area (Å²) in [5.74, 6) is -2.01. The molecule has 116 valence electrons. The van der Waals surface area contributed by atoms with Gasteiger partial charge < -0.3 is 14.9 Å². The van der Waals surface area contributed by atoms with Crippen molar-refractivity contribution in [3.63, 3.8) is 0 Å². The van der Waals surface area contributed by atoms with Crippen molar-refractivity contribution in [2.45, 2.75) is 20.3 Å². The second kappa shape index (κ2) is 12.7. The summed E-state index contributed by atoms with van der Waals surface area (Å²) >= 11 is 0. The number of hydrogen-bond donors (Lipinski definition) is 2. The lowest BCUT2D eigenvalue weighted by Crippen LogP contribution is -2.08. The van der Waals surface area contributed by atoms with E-state index in [2.05, 4.69) is 4.74 Å². The topological polar surface area (TPSA) is 148 Å². The maximum absolute atomic E-state index is 11.2. The minimum atomic E-state index is -1.02. The molecule has 22 heavy (non-hydrogen) atoms. The summed E-state index contributed by atoms with van der Waals surface area (Å²) in [5.41, 5.74) is -0.401. The first-order valence-electron chi connectivity index (χ1n) is 5.93. The van der Waals surface area contributed by atoms with Crippen molar-refractivity contribution >= 4 is 12.1 Å². The number of ether oxygens (including phenoxy) is 1. The molecule has 0 fully saturated rings. The van der Waals surface area contributed by atoms with Gasteiger partial charge in [0.05, 0.1) is 12.2 Å². The first kappa shape index (κ1) is 21.0. The highest BCUT2D eigenvalue weighted by Gasteiger charge is 2.13. The van der Waals surface area contributed by atoms with Crippen molar-refractivity contribution in [2.75, 3.05) is 6.61 Å². The number of esters is 1. The fourth-order valence-electron chi connectivity index (χ4n) is 1.03. The number of carbonyl (C=O) groups is 1. The van der Waals surface area contributed by atoms with Crippen LogP contribution in [0, 0.1) is 22.7 Å². The van der Waals surface area contributed by atoms with Crippen LogP contribution >= 0.6 is 0 Å². The molecule has 0 saturated heterocycles. The van der Waals surface area contributed by atoms with Crippen molar-refractivity contribution < 1.29 is 29.3 Å². The third-order valence-electron chi connectivity index (χ3n) is 2.03. The molecular weight excluding hydrogens is 292 g/mol. The minimum Gasteiger partial charge on any atom is -0.511 e. The molecule has 8 nitrogen and oxygen atoms in total. The zero-order valence-electron chi connectivity index (χ0n) is 12.0. The highest BCUT2D eigenvalue weighted by atomic mass is 16.5. The number of aliphatic hydroxyl groups is 2. The Morgan fingerprint density at radius 2 is 1.55 bits per heavy atom. The number of nitriles is 2. The molecule has 2 N–H and O–H groups in total. The first-order valence-corrected chi connectivity index (χ1v) is 5.93. The van der Waals surface area contributed by atoms with Crippen molar-refractivity contribution in [3.8, 4) is 12.1 Å². The van der Waals surface area contributed by atoms with Crippen LogP contribution in [0.5, 0.6) is 0 Å². The van der Waals surface area contributed by atoms with Gasteiger partial charge in [-0.25, -0.2) is 4.79 Å². The molecule has 8 heteroatoms. The van der Waals surface area contributed by atoms with Crippen molar-refractivity contribution in [3.05, 3.63) is 34.8 Å². The van der Waals surface area contributed by atoms with Crippen LogP contribution in [0.3, 0.4) is 0 Å². The zero-order valence-corrected chi connectivity index (χ0v) is 12.0. The van der Waals surface area contributed by atoms with E-state index in [1.807, 2.05) is 0 Å². The van der Waals surface area contributed by atoms with Gasteiger partial charge in [-0.3, -0.25) is 0 Å². The SMILES string of the molecule is CCOC(=O)/C(O)=C(C#N)/C=C/C(C#N)=C(\O)CC.O=C=O. The molecule has 0 amide bonds. The molecule has 0 atom stereocenters. The van der Waals surface area contributed by atoms with E-state index in [1.165, 1.54) is 0 Å². The molecule has 0 radical (unpaired) electrons. The summed E-state index contributed by atoms with van der Waals surface area (Å²) in [4.78, 5) is 27.5. The average Bonchev–Trinajstić information content (AvgIpc) is 2.51. The lowest BCUT2D eigenvalue weighted by molar-refractivity contribution is -0.191. The molecule has 0 aromatic carbocycles. The smallest absolute Gasteiger partial charge is 0.374 e. The van der Waals surface area contributed by atoms with Crippen molar-refractivity contribution in [1.82, 2.24) is 0 Å². The van der Waals surface area contributed by atoms with Gasteiger partial charge in [-0.15, -0.1) is 0 Å². The van der Waals surface area contributed by atoms with Crippen LogP contribution in [0.4, 0.5) is 0 Å². The van der Waals surface area contributed by atoms with Crippen LogP contribution in [0.15, 0.2) is 34.8 Å². The van der Waals surface area contributed by atoms with Crippen molar-refractivity contribution in [2.24, 2.45) is 0 Å². The van der Waals surface area contributed by atoms with Gasteiger partial charge in [0.15, 0.2) is 0 Å². The number of carbonyl (C=O) groups excluding carboxylic acids is 3. The highest BCUT2D eigenvalue weighted by Crippen LogP contribution is 2.10. The van der Waals surface area contributed by atoms with Crippen LogP contribution < -0.4 is 0 Å². The fourth-order valence-corrected chi connectivity index (χ4v) is 1.03. The molecule has 0 aromatic heterocycles. The third-order valence-corrected chi connectivity index (χ3v) is 2.03. The van der Waals surface area contributed by atoms with Crippen molar-refractivity contribution in [1.29, 1.82) is 10.5 Å². The van der Waals surface area contributed by atoms with E-state index < -0.39 is 11.7 Å². The number of allylic oxidation sites excluding steroid dienone is 5. The van der Waals surface area contributed by atoms with Crippen LogP contribution in [-0.4, -0.2) is 28.9 Å². The summed E-state index contributed by atoms with van der Waals surface area (Å²) in [7, 11) is 0. The molecule has 0 saturated carbocycles. The molecule has 0 rings (SSSR count). The molecule has 0 heterocycles. The number of rotatable bonds is 5. The predicted molar refractivity (Wildman–Crippen MR) is 71.6 cm³/mol. The maximum Gasteiger partial charge on any atom is 0.374 e. The second-order valence-electron chi connectivity index (χ2n) is 3.34. The molecular formula is C14H14N2O6. The van der Waals surface area contributed by atoms with Gasteiger partial charge in [-0.05, 0) is 19.1 Å². The molecule has 0 aliphatic carbocycles. The average molecular weight is 306 g/mol. The lowest BCUT2D eigenvalue weighted by atomic mass is 10.1. The first-order chi connectivity index (χ1) is 10.4. The van der Waals surface area contributed by atoms with E-state index in [0.29, 0.717) is 0 Å². The van der Waals surface area contributed by atoms with Gasteiger partial charge >= 0.3 is 12.1 Å². The normalized spacial score (nSPS) is 11.6. The van der Waals surface area contributed by atoms with Gasteiger partial charge in [-0.2, -0.15) is 20.1 Å². The van der Waals surface area contributed by atoms with Crippen LogP contribution in [0.2, 0.25) is 0 Å². The van der Waals surface area contributed by atoms with Gasteiger partial charge in [0.25, 0.3) is 0 Å². The molecule has 0 bridgehead atoms. The molecule has 0 aliphatic rings. The van der Waals surface area contributed by atoms with E-state index in [1.54, 1.807) is 26.0 Å². The summed E-state index contributed by atoms with van der Waals surface area (Å²) in [6.45, 7) is 3.27. The highest BCUT2D eigenvalue weighted by molar-refractivity contribution is 5.88. The number of nitrogens with zero attached hydrogens (tertiary/aromatic N) is 2. The predicted octanol–water partition coefficient (Wildman–Crippen LogP) is 1.60. The van der Waals surface area contributed by atoms with Gasteiger partial charge in [0.2, 0.25) is 5.76 Å². The van der Waals surface area contributed by atoms with Gasteiger partial charge in [0, 0.05) is 6.42 Å². The zero-order chi connectivity index (χ0) is 17.5. The van der Waals surface area contributed by atoms with Crippen LogP contribution in [0.1, 0.15) is 20.3 Å². The Morgan fingerprint density at radius 3 is 1.91 bits per heavy atom. The summed E-state index contributed by atoms with van der Waals surface area (Å²) in [5, 5.41) is 36.4. The standard InChI is InChI=1S/C13H14N2O4.CO2/c1-3-11(16)9(7-14)5-6-10(8-15)12(17)13(18)19-4-2;2-1-3/h5-6,16-17H,3-4H2,1-2H3;/b6-5+,11-9+,12-10+;. The Labute approximate surface area is 126 Å². The quantitative estimate of drug-likeness (QED) is 0.256. The van der Waals surface area contributed by atoms with Gasteiger partial charge in [0.1, 0.15) is 23.5 Å². The monoisotopic (exact) mass is 306 g/mol. The molecule has 0 unspecified atom stereocenters. The van der Waals surface area contributed by atoms with Crippen LogP contribution in [0.25, 0.3) is 0 Å². The maximum atomic E-state index is 11.2. The largest absolute Gasteiger partial charge is 0.511 e. The lowest BCUT2D eigenvalue weighted by Gasteiger charge is -2.01. The Hall–Kier alpha value is -3.35. The number of hydrogen-bond acceptors (Lipinski definition) is 8. The molecule has 0 aromatic rings. The summed E-state index contributed by atoms with van der Waals surface area (Å²) < 4.78 is 4.53. The number of aliphatic hydroxyl groups excluding tert-OH is 2. The Morgan fingerprint density at radius 1 is 1.09 bits per heavy atom. The van der Waals surface area contributed by atoms with E-state index in [-0.39, 0.29) is 36.1 Å². The minimum absolute atomic E-state index is 0.0492. The van der Waals surface area contributed by atoms with E-state index in [0.717, 1.165) is 12.2 Å².